The molecule has 2 aliphatic heterocycles. The lowest BCUT2D eigenvalue weighted by atomic mass is 9.68. The molecule has 1 saturated heterocycles. The van der Waals surface area contributed by atoms with Gasteiger partial charge in [0.2, 0.25) is 17.7 Å². The molecular formula is C27H23N3O4S2. The first-order chi connectivity index (χ1) is 17.5. The number of hydrogen-bond acceptors (Lipinski definition) is 6. The van der Waals surface area contributed by atoms with Crippen LogP contribution in [0.1, 0.15) is 22.8 Å². The lowest BCUT2D eigenvalue weighted by molar-refractivity contribution is -0.143. The maximum absolute atomic E-state index is 13.6. The van der Waals surface area contributed by atoms with Crippen LogP contribution in [-0.4, -0.2) is 39.4 Å². The number of likely N-dealkylation sites (tertiary alicyclic amines) is 1. The molecule has 3 fully saturated rings. The SMILES string of the molecule is O=C(CN1C(=O)C2C3CC(C2C1=O)C1C3Sc2[nH]c(=O)sc2[C@@H]1c1ccccc1)Nc1ccccc1. The largest absolute Gasteiger partial charge is 0.325 e. The summed E-state index contributed by atoms with van der Waals surface area (Å²) in [5, 5.41) is 3.83. The average molecular weight is 518 g/mol. The molecule has 7 rings (SSSR count). The van der Waals surface area contributed by atoms with Gasteiger partial charge in [-0.05, 0) is 41.9 Å². The summed E-state index contributed by atoms with van der Waals surface area (Å²) in [6.07, 6.45) is 0.835. The zero-order valence-electron chi connectivity index (χ0n) is 19.1. The molecule has 182 valence electrons. The quantitative estimate of drug-likeness (QED) is 0.516. The fourth-order valence-electron chi connectivity index (χ4n) is 7.13. The van der Waals surface area contributed by atoms with Crippen molar-refractivity contribution < 1.29 is 14.4 Å². The fraction of sp³-hybridized carbons (Fsp3) is 0.333. The lowest BCUT2D eigenvalue weighted by Crippen LogP contribution is -2.42. The lowest BCUT2D eigenvalue weighted by Gasteiger charge is -2.43. The van der Waals surface area contributed by atoms with Crippen LogP contribution in [0.5, 0.6) is 0 Å². The second-order valence-electron chi connectivity index (χ2n) is 10.0. The first-order valence-electron chi connectivity index (χ1n) is 12.2. The van der Waals surface area contributed by atoms with Gasteiger partial charge in [-0.3, -0.25) is 24.1 Å². The smallest absolute Gasteiger partial charge is 0.305 e. The first kappa shape index (κ1) is 22.1. The second-order valence-corrected chi connectivity index (χ2v) is 12.3. The number of nitrogens with zero attached hydrogens (tertiary/aromatic N) is 1. The predicted molar refractivity (Wildman–Crippen MR) is 137 cm³/mol. The van der Waals surface area contributed by atoms with Crippen molar-refractivity contribution in [2.75, 3.05) is 11.9 Å². The minimum absolute atomic E-state index is 0.0191. The van der Waals surface area contributed by atoms with E-state index < -0.39 is 5.92 Å². The summed E-state index contributed by atoms with van der Waals surface area (Å²) in [4.78, 5) is 57.3. The van der Waals surface area contributed by atoms with Gasteiger partial charge >= 0.3 is 4.87 Å². The number of para-hydroxylation sites is 1. The highest BCUT2D eigenvalue weighted by molar-refractivity contribution is 8.00. The highest BCUT2D eigenvalue weighted by Crippen LogP contribution is 2.68. The highest BCUT2D eigenvalue weighted by Gasteiger charge is 2.69. The maximum atomic E-state index is 13.6. The van der Waals surface area contributed by atoms with Crippen LogP contribution < -0.4 is 10.2 Å². The Balaban J connectivity index is 1.20. The number of nitrogens with one attached hydrogen (secondary N) is 2. The fourth-order valence-corrected chi connectivity index (χ4v) is 10.0. The van der Waals surface area contributed by atoms with Crippen molar-refractivity contribution in [1.29, 1.82) is 0 Å². The molecule has 3 heterocycles. The molecule has 0 radical (unpaired) electrons. The van der Waals surface area contributed by atoms with Gasteiger partial charge in [0.1, 0.15) is 6.54 Å². The predicted octanol–water partition coefficient (Wildman–Crippen LogP) is 3.55. The Morgan fingerprint density at radius 1 is 0.944 bits per heavy atom. The van der Waals surface area contributed by atoms with Gasteiger partial charge < -0.3 is 10.3 Å². The summed E-state index contributed by atoms with van der Waals surface area (Å²) >= 11 is 2.93. The molecule has 2 N–H and O–H groups in total. The summed E-state index contributed by atoms with van der Waals surface area (Å²) in [7, 11) is 0. The van der Waals surface area contributed by atoms with Crippen molar-refractivity contribution in [2.24, 2.45) is 29.6 Å². The van der Waals surface area contributed by atoms with Crippen molar-refractivity contribution in [3.8, 4) is 0 Å². The van der Waals surface area contributed by atoms with Crippen molar-refractivity contribution in [3.63, 3.8) is 0 Å². The van der Waals surface area contributed by atoms with E-state index in [1.54, 1.807) is 23.9 Å². The zero-order chi connectivity index (χ0) is 24.6. The van der Waals surface area contributed by atoms with Crippen LogP contribution >= 0.6 is 23.1 Å². The summed E-state index contributed by atoms with van der Waals surface area (Å²) < 4.78 is 0. The Labute approximate surface area is 215 Å². The number of thiazole rings is 1. The monoisotopic (exact) mass is 517 g/mol. The number of carbonyl (C=O) groups is 3. The first-order valence-corrected chi connectivity index (χ1v) is 13.9. The van der Waals surface area contributed by atoms with Gasteiger partial charge in [0, 0.05) is 21.7 Å². The molecule has 36 heavy (non-hydrogen) atoms. The second kappa shape index (κ2) is 8.18. The maximum Gasteiger partial charge on any atom is 0.305 e. The Bertz CT molecular complexity index is 1440. The van der Waals surface area contributed by atoms with Crippen LogP contribution in [0, 0.1) is 29.6 Å². The van der Waals surface area contributed by atoms with Crippen molar-refractivity contribution in [3.05, 3.63) is 80.8 Å². The summed E-state index contributed by atoms with van der Waals surface area (Å²) in [5.41, 5.74) is 1.78. The van der Waals surface area contributed by atoms with E-state index in [-0.39, 0.29) is 64.0 Å². The zero-order valence-corrected chi connectivity index (χ0v) is 20.8. The Morgan fingerprint density at radius 3 is 2.33 bits per heavy atom. The van der Waals surface area contributed by atoms with Crippen molar-refractivity contribution in [1.82, 2.24) is 9.88 Å². The van der Waals surface area contributed by atoms with E-state index in [1.807, 2.05) is 36.4 Å². The standard InChI is InChI=1S/C27H23N3O4S2/c31-17(28-14-9-5-2-6-10-14)12-30-25(32)20-15-11-16(21(20)26(30)33)22-19(15)18(13-7-3-1-4-8-13)23-24(35-22)29-27(34)36-23/h1-10,15-16,18-22H,11-12H2,(H,28,31)(H,29,34)/t15?,16?,18-,19?,20?,21?,22?/m1/s1. The Hall–Kier alpha value is -3.17. The number of thioether (sulfide) groups is 1. The number of carbonyl (C=O) groups excluding carboxylic acids is 3. The number of fused-ring (bicyclic) bond motifs is 9. The van der Waals surface area contributed by atoms with Crippen LogP contribution in [0.2, 0.25) is 0 Å². The average Bonchev–Trinajstić information content (AvgIpc) is 3.61. The Kier molecular flexibility index (Phi) is 5.01. The third-order valence-electron chi connectivity index (χ3n) is 8.33. The van der Waals surface area contributed by atoms with Gasteiger partial charge in [0.25, 0.3) is 0 Å². The van der Waals surface area contributed by atoms with E-state index in [2.05, 4.69) is 22.4 Å². The molecule has 2 bridgehead atoms. The minimum Gasteiger partial charge on any atom is -0.325 e. The van der Waals surface area contributed by atoms with E-state index in [1.165, 1.54) is 16.2 Å². The van der Waals surface area contributed by atoms with Gasteiger partial charge in [-0.25, -0.2) is 0 Å². The van der Waals surface area contributed by atoms with Gasteiger partial charge in [-0.1, -0.05) is 59.9 Å². The molecule has 4 aliphatic rings. The number of aromatic amines is 1. The van der Waals surface area contributed by atoms with Gasteiger partial charge in [0.05, 0.1) is 16.9 Å². The summed E-state index contributed by atoms with van der Waals surface area (Å²) in [6, 6.07) is 19.2. The molecule has 9 heteroatoms. The van der Waals surface area contributed by atoms with Crippen molar-refractivity contribution in [2.45, 2.75) is 22.6 Å². The normalized spacial score (nSPS) is 31.8. The molecule has 7 atom stereocenters. The van der Waals surface area contributed by atoms with Gasteiger partial charge in [-0.2, -0.15) is 0 Å². The number of rotatable bonds is 4. The topological polar surface area (TPSA) is 99.3 Å². The highest BCUT2D eigenvalue weighted by atomic mass is 32.2. The van der Waals surface area contributed by atoms with E-state index >= 15 is 0 Å². The van der Waals surface area contributed by atoms with E-state index in [0.29, 0.717) is 5.69 Å². The molecule has 2 aromatic carbocycles. The molecular weight excluding hydrogens is 494 g/mol. The van der Waals surface area contributed by atoms with Gasteiger partial charge in [-0.15, -0.1) is 11.8 Å². The number of imide groups is 1. The molecule has 3 amide bonds. The molecule has 2 aliphatic carbocycles. The minimum atomic E-state index is -0.391. The third kappa shape index (κ3) is 3.18. The summed E-state index contributed by atoms with van der Waals surface area (Å²) in [5.74, 6) is -1.30. The van der Waals surface area contributed by atoms with Gasteiger partial charge in [0.15, 0.2) is 0 Å². The third-order valence-corrected chi connectivity index (χ3v) is 10.9. The van der Waals surface area contributed by atoms with E-state index in [0.717, 1.165) is 21.9 Å². The number of hydrogen-bond donors (Lipinski definition) is 2. The van der Waals surface area contributed by atoms with Crippen LogP contribution in [0.4, 0.5) is 5.69 Å². The van der Waals surface area contributed by atoms with Crippen molar-refractivity contribution >= 4 is 46.5 Å². The van der Waals surface area contributed by atoms with Crippen LogP contribution in [0.3, 0.4) is 0 Å². The molecule has 3 aromatic rings. The number of benzene rings is 2. The van der Waals surface area contributed by atoms with Crippen LogP contribution in [0.25, 0.3) is 0 Å². The number of anilines is 1. The van der Waals surface area contributed by atoms with Crippen LogP contribution in [-0.2, 0) is 14.4 Å². The number of H-pyrrole nitrogens is 1. The Morgan fingerprint density at radius 2 is 1.61 bits per heavy atom. The molecule has 7 nitrogen and oxygen atoms in total. The van der Waals surface area contributed by atoms with Crippen LogP contribution in [0.15, 0.2) is 70.5 Å². The summed E-state index contributed by atoms with van der Waals surface area (Å²) in [6.45, 7) is -0.260. The number of aromatic nitrogens is 1. The molecule has 6 unspecified atom stereocenters. The molecule has 1 aromatic heterocycles. The molecule has 2 saturated carbocycles. The van der Waals surface area contributed by atoms with E-state index in [9.17, 15) is 19.2 Å². The number of amides is 3. The molecule has 0 spiro atoms. The van der Waals surface area contributed by atoms with E-state index in [4.69, 9.17) is 0 Å².